The molecule has 3 aromatic rings. The van der Waals surface area contributed by atoms with Gasteiger partial charge in [0.25, 0.3) is 0 Å². The molecule has 0 spiro atoms. The van der Waals surface area contributed by atoms with E-state index < -0.39 is 0 Å². The van der Waals surface area contributed by atoms with Gasteiger partial charge in [-0.15, -0.1) is 0 Å². The first-order valence-corrected chi connectivity index (χ1v) is 8.29. The average Bonchev–Trinajstić information content (AvgIpc) is 3.00. The Kier molecular flexibility index (Phi) is 4.02. The van der Waals surface area contributed by atoms with E-state index in [1.54, 1.807) is 0 Å². The summed E-state index contributed by atoms with van der Waals surface area (Å²) in [5, 5.41) is 2.88. The van der Waals surface area contributed by atoms with E-state index in [1.165, 1.54) is 12.1 Å². The molecule has 0 unspecified atom stereocenters. The van der Waals surface area contributed by atoms with Crippen molar-refractivity contribution in [3.8, 4) is 11.1 Å². The van der Waals surface area contributed by atoms with Crippen molar-refractivity contribution in [1.29, 1.82) is 0 Å². The molecule has 0 aliphatic carbocycles. The van der Waals surface area contributed by atoms with Gasteiger partial charge < -0.3 is 5.32 Å². The van der Waals surface area contributed by atoms with Crippen LogP contribution >= 0.6 is 0 Å². The van der Waals surface area contributed by atoms with E-state index in [1.807, 2.05) is 42.7 Å². The van der Waals surface area contributed by atoms with Gasteiger partial charge in [-0.1, -0.05) is 24.3 Å². The minimum Gasteiger partial charge on any atom is -0.326 e. The number of rotatable bonds is 4. The van der Waals surface area contributed by atoms with Gasteiger partial charge in [-0.3, -0.25) is 9.78 Å². The fraction of sp³-hybridized carbons (Fsp3) is 0.143. The molecule has 3 nitrogen and oxygen atoms in total. The molecular formula is C21H17FN2O. The van der Waals surface area contributed by atoms with Gasteiger partial charge in [0.15, 0.2) is 0 Å². The molecule has 124 valence electrons. The van der Waals surface area contributed by atoms with Crippen LogP contribution in [0.1, 0.15) is 16.7 Å². The third-order valence-electron chi connectivity index (χ3n) is 4.48. The number of anilines is 1. The molecule has 0 radical (unpaired) electrons. The number of aryl methyl sites for hydroxylation is 2. The summed E-state index contributed by atoms with van der Waals surface area (Å²) in [6, 6.07) is 14.8. The van der Waals surface area contributed by atoms with Crippen molar-refractivity contribution in [3.05, 3.63) is 83.4 Å². The highest BCUT2D eigenvalue weighted by atomic mass is 19.1. The Labute approximate surface area is 145 Å². The van der Waals surface area contributed by atoms with E-state index in [9.17, 15) is 9.18 Å². The molecule has 0 saturated heterocycles. The van der Waals surface area contributed by atoms with Crippen molar-refractivity contribution in [2.75, 3.05) is 5.32 Å². The number of hydrogen-bond acceptors (Lipinski definition) is 2. The minimum atomic E-state index is -0.212. The van der Waals surface area contributed by atoms with Gasteiger partial charge >= 0.3 is 0 Å². The molecule has 4 rings (SSSR count). The first kappa shape index (κ1) is 15.5. The van der Waals surface area contributed by atoms with Gasteiger partial charge in [0, 0.05) is 23.6 Å². The summed E-state index contributed by atoms with van der Waals surface area (Å²) in [4.78, 5) is 15.8. The summed E-state index contributed by atoms with van der Waals surface area (Å²) >= 11 is 0. The molecule has 0 saturated carbocycles. The van der Waals surface area contributed by atoms with Crippen molar-refractivity contribution in [2.24, 2.45) is 0 Å². The fourth-order valence-electron chi connectivity index (χ4n) is 3.12. The number of fused-ring (bicyclic) bond motifs is 1. The van der Waals surface area contributed by atoms with E-state index >= 15 is 0 Å². The molecule has 0 fully saturated rings. The molecule has 25 heavy (non-hydrogen) atoms. The molecule has 1 amide bonds. The maximum absolute atomic E-state index is 13.0. The fourth-order valence-corrected chi connectivity index (χ4v) is 3.12. The maximum Gasteiger partial charge on any atom is 0.228 e. The Morgan fingerprint density at radius 3 is 2.56 bits per heavy atom. The van der Waals surface area contributed by atoms with Crippen molar-refractivity contribution >= 4 is 11.6 Å². The second kappa shape index (κ2) is 6.48. The van der Waals surface area contributed by atoms with Gasteiger partial charge in [-0.25, -0.2) is 4.39 Å². The molecular weight excluding hydrogens is 315 g/mol. The molecule has 1 aromatic heterocycles. The van der Waals surface area contributed by atoms with Crippen LogP contribution in [0.4, 0.5) is 10.1 Å². The summed E-state index contributed by atoms with van der Waals surface area (Å²) < 4.78 is 13.0. The topological polar surface area (TPSA) is 42.0 Å². The zero-order chi connectivity index (χ0) is 17.2. The van der Waals surface area contributed by atoms with Gasteiger partial charge in [0.2, 0.25) is 5.91 Å². The lowest BCUT2D eigenvalue weighted by Crippen LogP contribution is -2.03. The number of carbonyl (C=O) groups is 1. The quantitative estimate of drug-likeness (QED) is 0.779. The van der Waals surface area contributed by atoms with Crippen LogP contribution in [-0.4, -0.2) is 10.9 Å². The first-order chi connectivity index (χ1) is 12.2. The summed E-state index contributed by atoms with van der Waals surface area (Å²) in [7, 11) is 0. The van der Waals surface area contributed by atoms with Crippen molar-refractivity contribution in [2.45, 2.75) is 19.3 Å². The number of halogens is 1. The summed E-state index contributed by atoms with van der Waals surface area (Å²) in [5.74, 6) is -0.172. The molecule has 4 heteroatoms. The second-order valence-electron chi connectivity index (χ2n) is 6.31. The summed E-state index contributed by atoms with van der Waals surface area (Å²) in [6.07, 6.45) is 5.83. The number of nitrogens with zero attached hydrogens (tertiary/aromatic N) is 1. The van der Waals surface area contributed by atoms with Gasteiger partial charge in [0.1, 0.15) is 5.82 Å². The number of benzene rings is 2. The van der Waals surface area contributed by atoms with Crippen LogP contribution in [0.25, 0.3) is 11.1 Å². The predicted octanol–water partition coefficient (Wildman–Crippen LogP) is 4.17. The third-order valence-corrected chi connectivity index (χ3v) is 4.48. The predicted molar refractivity (Wildman–Crippen MR) is 95.8 cm³/mol. The normalized spacial score (nSPS) is 12.8. The van der Waals surface area contributed by atoms with Crippen LogP contribution in [0.3, 0.4) is 0 Å². The highest BCUT2D eigenvalue weighted by molar-refractivity contribution is 5.99. The van der Waals surface area contributed by atoms with E-state index in [4.69, 9.17) is 0 Å². The molecule has 1 aliphatic rings. The largest absolute Gasteiger partial charge is 0.326 e. The van der Waals surface area contributed by atoms with E-state index in [-0.39, 0.29) is 11.7 Å². The van der Waals surface area contributed by atoms with Crippen LogP contribution in [0.5, 0.6) is 0 Å². The standard InChI is InChI=1S/C21H17FN2O/c22-19-7-3-14(4-8-19)1-2-15-9-18(13-23-12-15)16-5-6-17-11-21(25)24-20(17)10-16/h3-10,12-13H,1-2,11H2,(H,24,25). The Bertz CT molecular complexity index is 935. The average molecular weight is 332 g/mol. The monoisotopic (exact) mass is 332 g/mol. The Balaban J connectivity index is 1.52. The first-order valence-electron chi connectivity index (χ1n) is 8.29. The van der Waals surface area contributed by atoms with Crippen LogP contribution in [0, 0.1) is 5.82 Å². The van der Waals surface area contributed by atoms with E-state index in [2.05, 4.69) is 16.4 Å². The lowest BCUT2D eigenvalue weighted by Gasteiger charge is -2.07. The third kappa shape index (κ3) is 3.43. The van der Waals surface area contributed by atoms with Crippen molar-refractivity contribution in [1.82, 2.24) is 4.98 Å². The van der Waals surface area contributed by atoms with Crippen LogP contribution in [0.2, 0.25) is 0 Å². The number of hydrogen-bond donors (Lipinski definition) is 1. The molecule has 0 bridgehead atoms. The molecule has 0 atom stereocenters. The maximum atomic E-state index is 13.0. The van der Waals surface area contributed by atoms with Gasteiger partial charge in [-0.05, 0) is 59.4 Å². The molecule has 1 aliphatic heterocycles. The highest BCUT2D eigenvalue weighted by Gasteiger charge is 2.17. The molecule has 1 N–H and O–H groups in total. The Morgan fingerprint density at radius 2 is 1.72 bits per heavy atom. The number of amides is 1. The molecule has 2 heterocycles. The zero-order valence-electron chi connectivity index (χ0n) is 13.6. The zero-order valence-corrected chi connectivity index (χ0v) is 13.6. The number of carbonyl (C=O) groups excluding carboxylic acids is 1. The summed E-state index contributed by atoms with van der Waals surface area (Å²) in [5.41, 5.74) is 6.23. The highest BCUT2D eigenvalue weighted by Crippen LogP contribution is 2.29. The van der Waals surface area contributed by atoms with Crippen molar-refractivity contribution in [3.63, 3.8) is 0 Å². The second-order valence-corrected chi connectivity index (χ2v) is 6.31. The van der Waals surface area contributed by atoms with Gasteiger partial charge in [0.05, 0.1) is 6.42 Å². The SMILES string of the molecule is O=C1Cc2ccc(-c3cncc(CCc4ccc(F)cc4)c3)cc2N1. The van der Waals surface area contributed by atoms with Crippen molar-refractivity contribution < 1.29 is 9.18 Å². The van der Waals surface area contributed by atoms with E-state index in [0.717, 1.165) is 46.3 Å². The lowest BCUT2D eigenvalue weighted by atomic mass is 10.0. The number of aromatic nitrogens is 1. The van der Waals surface area contributed by atoms with Crippen LogP contribution in [0.15, 0.2) is 60.9 Å². The summed E-state index contributed by atoms with van der Waals surface area (Å²) in [6.45, 7) is 0. The number of nitrogens with one attached hydrogen (secondary N) is 1. The van der Waals surface area contributed by atoms with Gasteiger partial charge in [-0.2, -0.15) is 0 Å². The Morgan fingerprint density at radius 1 is 0.920 bits per heavy atom. The van der Waals surface area contributed by atoms with Crippen LogP contribution < -0.4 is 5.32 Å². The Hall–Kier alpha value is -3.01. The van der Waals surface area contributed by atoms with Crippen LogP contribution in [-0.2, 0) is 24.1 Å². The smallest absolute Gasteiger partial charge is 0.228 e. The van der Waals surface area contributed by atoms with E-state index in [0.29, 0.717) is 6.42 Å². The molecule has 2 aromatic carbocycles. The minimum absolute atomic E-state index is 0.0401. The number of pyridine rings is 1. The lowest BCUT2D eigenvalue weighted by molar-refractivity contribution is -0.115.